The lowest BCUT2D eigenvalue weighted by Gasteiger charge is -2.61. The van der Waals surface area contributed by atoms with E-state index in [1.165, 1.54) is 17.7 Å². The lowest BCUT2D eigenvalue weighted by atomic mass is 9.52. The number of fused-ring (bicyclic) bond motifs is 1. The van der Waals surface area contributed by atoms with Crippen LogP contribution in [0.1, 0.15) is 56.6 Å². The molecule has 200 valence electrons. The molecule has 2 bridgehead atoms. The Morgan fingerprint density at radius 2 is 1.92 bits per heavy atom. The summed E-state index contributed by atoms with van der Waals surface area (Å²) in [5.41, 5.74) is 0.351. The zero-order valence-corrected chi connectivity index (χ0v) is 21.1. The molecule has 1 aromatic rings. The molecule has 5 rings (SSSR count). The van der Waals surface area contributed by atoms with Gasteiger partial charge in [-0.15, -0.1) is 0 Å². The number of rotatable bonds is 7. The smallest absolute Gasteiger partial charge is 0.404 e. The number of piperidine rings is 1. The van der Waals surface area contributed by atoms with Gasteiger partial charge in [-0.3, -0.25) is 14.6 Å². The largest absolute Gasteiger partial charge is 0.497 e. The number of alkyl halides is 3. The number of hydrogen-bond donors (Lipinski definition) is 1. The number of benzene rings is 1. The van der Waals surface area contributed by atoms with E-state index in [-0.39, 0.29) is 32.2 Å². The van der Waals surface area contributed by atoms with Gasteiger partial charge in [-0.25, -0.2) is 0 Å². The van der Waals surface area contributed by atoms with E-state index in [0.29, 0.717) is 30.9 Å². The number of esters is 1. The second-order valence-corrected chi connectivity index (χ2v) is 11.0. The Hall–Kier alpha value is -1.84. The third-order valence-electron chi connectivity index (χ3n) is 9.17. The highest BCUT2D eigenvalue weighted by Gasteiger charge is 2.64. The van der Waals surface area contributed by atoms with Crippen molar-refractivity contribution in [2.45, 2.75) is 81.1 Å². The van der Waals surface area contributed by atoms with Gasteiger partial charge in [-0.1, -0.05) is 6.07 Å². The maximum Gasteiger partial charge on any atom is 0.404 e. The molecule has 3 fully saturated rings. The van der Waals surface area contributed by atoms with Gasteiger partial charge in [0.15, 0.2) is 0 Å². The minimum Gasteiger partial charge on any atom is -0.497 e. The molecular weight excluding hydrogens is 473 g/mol. The van der Waals surface area contributed by atoms with Gasteiger partial charge in [0.1, 0.15) is 11.8 Å². The molecule has 2 aliphatic carbocycles. The first-order valence-electron chi connectivity index (χ1n) is 13.2. The van der Waals surface area contributed by atoms with Crippen molar-refractivity contribution in [2.24, 2.45) is 5.92 Å². The lowest BCUT2D eigenvalue weighted by molar-refractivity contribution is -0.192. The van der Waals surface area contributed by atoms with E-state index in [2.05, 4.69) is 11.0 Å². The number of carbonyl (C=O) groups is 1. The minimum atomic E-state index is -4.57. The van der Waals surface area contributed by atoms with Gasteiger partial charge >= 0.3 is 12.1 Å². The third-order valence-corrected chi connectivity index (χ3v) is 9.17. The zero-order chi connectivity index (χ0) is 25.7. The van der Waals surface area contributed by atoms with Gasteiger partial charge in [0, 0.05) is 24.5 Å². The van der Waals surface area contributed by atoms with Crippen LogP contribution in [0, 0.1) is 5.92 Å². The van der Waals surface area contributed by atoms with Crippen LogP contribution >= 0.6 is 0 Å². The minimum absolute atomic E-state index is 0.0450. The molecule has 1 saturated carbocycles. The Labute approximate surface area is 210 Å². The van der Waals surface area contributed by atoms with Crippen molar-refractivity contribution in [1.82, 2.24) is 9.80 Å². The molecule has 4 atom stereocenters. The highest BCUT2D eigenvalue weighted by Crippen LogP contribution is 2.57. The molecular formula is C27H37F3N2O4. The molecule has 6 nitrogen and oxygen atoms in total. The average molecular weight is 511 g/mol. The summed E-state index contributed by atoms with van der Waals surface area (Å²) < 4.78 is 52.9. The zero-order valence-electron chi connectivity index (χ0n) is 21.1. The number of hydrogen-bond acceptors (Lipinski definition) is 6. The predicted molar refractivity (Wildman–Crippen MR) is 128 cm³/mol. The molecule has 36 heavy (non-hydrogen) atoms. The molecule has 4 unspecified atom stereocenters. The van der Waals surface area contributed by atoms with Crippen LogP contribution in [0.4, 0.5) is 13.2 Å². The Morgan fingerprint density at radius 1 is 1.19 bits per heavy atom. The summed E-state index contributed by atoms with van der Waals surface area (Å²) in [6, 6.07) is 3.92. The molecule has 1 N–H and O–H groups in total. The molecule has 9 heteroatoms. The van der Waals surface area contributed by atoms with E-state index in [1.54, 1.807) is 14.0 Å². The standard InChI is InChI=1S/C27H37F3N2O4/c1-3-36-24(33)16-23(27(28,29)30)31-11-8-25-9-12-32(17-18-4-5-18)22(26(25,34)10-13-31)14-19-6-7-20(35-2)15-21(19)25/h6-7,15,18,22-23,34H,3-5,8-14,16-17H2,1-2H3. The topological polar surface area (TPSA) is 62.2 Å². The Morgan fingerprint density at radius 3 is 2.58 bits per heavy atom. The highest BCUT2D eigenvalue weighted by molar-refractivity contribution is 5.70. The van der Waals surface area contributed by atoms with Crippen LogP contribution in [0.5, 0.6) is 5.75 Å². The monoisotopic (exact) mass is 510 g/mol. The van der Waals surface area contributed by atoms with Crippen LogP contribution in [-0.2, 0) is 21.4 Å². The second-order valence-electron chi connectivity index (χ2n) is 11.0. The average Bonchev–Trinajstić information content (AvgIpc) is 3.65. The molecule has 0 spiro atoms. The number of methoxy groups -OCH3 is 1. The number of likely N-dealkylation sites (tertiary alicyclic amines) is 2. The normalized spacial score (nSPS) is 31.7. The van der Waals surface area contributed by atoms with E-state index >= 15 is 0 Å². The predicted octanol–water partition coefficient (Wildman–Crippen LogP) is 3.68. The van der Waals surface area contributed by atoms with Crippen LogP contribution < -0.4 is 4.74 Å². The van der Waals surface area contributed by atoms with E-state index < -0.39 is 35.6 Å². The summed E-state index contributed by atoms with van der Waals surface area (Å²) >= 11 is 0. The van der Waals surface area contributed by atoms with E-state index in [1.807, 2.05) is 12.1 Å². The number of ether oxygens (including phenoxy) is 2. The molecule has 2 aliphatic heterocycles. The Bertz CT molecular complexity index is 984. The van der Waals surface area contributed by atoms with E-state index in [0.717, 1.165) is 24.2 Å². The fourth-order valence-electron chi connectivity index (χ4n) is 7.14. The van der Waals surface area contributed by atoms with Crippen LogP contribution in [0.15, 0.2) is 18.2 Å². The van der Waals surface area contributed by atoms with E-state index in [4.69, 9.17) is 9.47 Å². The fraction of sp³-hybridized carbons (Fsp3) is 0.741. The maximum atomic E-state index is 14.2. The first-order valence-corrected chi connectivity index (χ1v) is 13.2. The molecule has 4 aliphatic rings. The number of carbonyl (C=O) groups excluding carboxylic acids is 1. The second kappa shape index (κ2) is 9.48. The van der Waals surface area contributed by atoms with Crippen molar-refractivity contribution < 1.29 is 32.5 Å². The number of aliphatic hydroxyl groups is 1. The van der Waals surface area contributed by atoms with Crippen molar-refractivity contribution in [3.8, 4) is 5.75 Å². The van der Waals surface area contributed by atoms with Crippen LogP contribution in [-0.4, -0.2) is 84.6 Å². The van der Waals surface area contributed by atoms with Crippen LogP contribution in [0.3, 0.4) is 0 Å². The molecule has 2 saturated heterocycles. The van der Waals surface area contributed by atoms with Gasteiger partial charge in [-0.05, 0) is 87.7 Å². The molecule has 2 heterocycles. The summed E-state index contributed by atoms with van der Waals surface area (Å²) in [4.78, 5) is 15.9. The van der Waals surface area contributed by atoms with Crippen molar-refractivity contribution in [3.05, 3.63) is 29.3 Å². The third kappa shape index (κ3) is 4.41. The first kappa shape index (κ1) is 25.8. The van der Waals surface area contributed by atoms with Gasteiger partial charge in [0.2, 0.25) is 0 Å². The molecule has 0 radical (unpaired) electrons. The highest BCUT2D eigenvalue weighted by atomic mass is 19.4. The Balaban J connectivity index is 1.52. The Kier molecular flexibility index (Phi) is 6.79. The summed E-state index contributed by atoms with van der Waals surface area (Å²) in [6.45, 7) is 3.62. The summed E-state index contributed by atoms with van der Waals surface area (Å²) in [5, 5.41) is 12.5. The van der Waals surface area contributed by atoms with Gasteiger partial charge in [-0.2, -0.15) is 13.2 Å². The van der Waals surface area contributed by atoms with E-state index in [9.17, 15) is 23.1 Å². The van der Waals surface area contributed by atoms with Crippen molar-refractivity contribution in [1.29, 1.82) is 0 Å². The lowest BCUT2D eigenvalue weighted by Crippen LogP contribution is -2.71. The van der Waals surface area contributed by atoms with Crippen molar-refractivity contribution in [2.75, 3.05) is 39.9 Å². The SMILES string of the molecule is CCOC(=O)CC(N1CCC23CCN(CC4CC4)C(Cc4ccc(OC)cc42)C3(O)CC1)C(F)(F)F. The van der Waals surface area contributed by atoms with Gasteiger partial charge in [0.25, 0.3) is 0 Å². The number of halogens is 3. The number of nitrogens with zero attached hydrogens (tertiary/aromatic N) is 2. The molecule has 1 aromatic carbocycles. The van der Waals surface area contributed by atoms with Crippen LogP contribution in [0.25, 0.3) is 0 Å². The van der Waals surface area contributed by atoms with Gasteiger partial charge < -0.3 is 14.6 Å². The summed E-state index contributed by atoms with van der Waals surface area (Å²) in [7, 11) is 1.60. The summed E-state index contributed by atoms with van der Waals surface area (Å²) in [6.07, 6.45) is -0.908. The van der Waals surface area contributed by atoms with Crippen molar-refractivity contribution >= 4 is 5.97 Å². The first-order chi connectivity index (χ1) is 17.1. The molecule has 0 aromatic heterocycles. The fourth-order valence-corrected chi connectivity index (χ4v) is 7.14. The van der Waals surface area contributed by atoms with Crippen LogP contribution in [0.2, 0.25) is 0 Å². The molecule has 0 amide bonds. The summed E-state index contributed by atoms with van der Waals surface area (Å²) in [5.74, 6) is 0.503. The maximum absolute atomic E-state index is 14.2. The quantitative estimate of drug-likeness (QED) is 0.565. The van der Waals surface area contributed by atoms with Gasteiger partial charge in [0.05, 0.1) is 25.7 Å². The van der Waals surface area contributed by atoms with Crippen molar-refractivity contribution in [3.63, 3.8) is 0 Å².